The molecule has 1 fully saturated rings. The molecule has 0 bridgehead atoms. The van der Waals surface area contributed by atoms with Crippen LogP contribution in [0.25, 0.3) is 5.57 Å². The van der Waals surface area contributed by atoms with Gasteiger partial charge in [0, 0.05) is 11.0 Å². The maximum Gasteiger partial charge on any atom is 0.328 e. The molecule has 0 aliphatic heterocycles. The summed E-state index contributed by atoms with van der Waals surface area (Å²) in [5.41, 5.74) is 1.02. The molecule has 1 saturated carbocycles. The normalized spacial score (nSPS) is 18.3. The summed E-state index contributed by atoms with van der Waals surface area (Å²) < 4.78 is 0. The Morgan fingerprint density at radius 3 is 2.73 bits per heavy atom. The zero-order valence-electron chi connectivity index (χ0n) is 8.48. The molecule has 1 N–H and O–H groups in total. The van der Waals surface area contributed by atoms with Gasteiger partial charge < -0.3 is 5.11 Å². The number of carboxylic acid groups (broad SMARTS) is 1. The van der Waals surface area contributed by atoms with Gasteiger partial charge in [0.2, 0.25) is 0 Å². The van der Waals surface area contributed by atoms with Gasteiger partial charge in [-0.05, 0) is 35.8 Å². The number of carboxylic acids is 1. The largest absolute Gasteiger partial charge is 0.478 e. The second kappa shape index (κ2) is 4.62. The molecule has 0 atom stereocenters. The van der Waals surface area contributed by atoms with Crippen LogP contribution < -0.4 is 0 Å². The monoisotopic (exact) mass is 222 g/mol. The summed E-state index contributed by atoms with van der Waals surface area (Å²) in [6.07, 6.45) is 6.12. The van der Waals surface area contributed by atoms with E-state index < -0.39 is 5.97 Å². The Hall–Kier alpha value is -1.09. The van der Waals surface area contributed by atoms with Gasteiger partial charge in [0.05, 0.1) is 0 Å². The Morgan fingerprint density at radius 1 is 1.47 bits per heavy atom. The van der Waals surface area contributed by atoms with Crippen molar-refractivity contribution < 1.29 is 9.90 Å². The van der Waals surface area contributed by atoms with Crippen molar-refractivity contribution in [3.05, 3.63) is 28.5 Å². The highest BCUT2D eigenvalue weighted by molar-refractivity contribution is 7.11. The molecule has 15 heavy (non-hydrogen) atoms. The van der Waals surface area contributed by atoms with Crippen LogP contribution in [-0.2, 0) is 4.79 Å². The van der Waals surface area contributed by atoms with Gasteiger partial charge in [0.25, 0.3) is 0 Å². The average Bonchev–Trinajstić information content (AvgIpc) is 2.87. The van der Waals surface area contributed by atoms with Crippen LogP contribution >= 0.6 is 11.3 Å². The second-order valence-electron chi connectivity index (χ2n) is 3.90. The summed E-state index contributed by atoms with van der Waals surface area (Å²) in [6.45, 7) is 0. The number of aliphatic carboxylic acids is 1. The Morgan fingerprint density at radius 2 is 2.20 bits per heavy atom. The molecular weight excluding hydrogens is 208 g/mol. The highest BCUT2D eigenvalue weighted by Gasteiger charge is 2.21. The van der Waals surface area contributed by atoms with Gasteiger partial charge in [-0.3, -0.25) is 0 Å². The molecule has 0 aromatic carbocycles. The van der Waals surface area contributed by atoms with Crippen LogP contribution in [-0.4, -0.2) is 11.1 Å². The highest BCUT2D eigenvalue weighted by Crippen LogP contribution is 2.38. The molecule has 0 unspecified atom stereocenters. The summed E-state index contributed by atoms with van der Waals surface area (Å²) in [7, 11) is 0. The molecule has 0 amide bonds. The third-order valence-corrected chi connectivity index (χ3v) is 3.80. The van der Waals surface area contributed by atoms with E-state index in [1.165, 1.54) is 18.9 Å². The maximum absolute atomic E-state index is 10.8. The van der Waals surface area contributed by atoms with Crippen LogP contribution in [0.3, 0.4) is 0 Å². The summed E-state index contributed by atoms with van der Waals surface area (Å²) >= 11 is 1.63. The van der Waals surface area contributed by atoms with Gasteiger partial charge in [0.15, 0.2) is 0 Å². The van der Waals surface area contributed by atoms with Crippen LogP contribution in [0.15, 0.2) is 23.6 Å². The highest BCUT2D eigenvalue weighted by atomic mass is 32.1. The minimum Gasteiger partial charge on any atom is -0.478 e. The fraction of sp³-hybridized carbons (Fsp3) is 0.417. The molecule has 1 aromatic rings. The van der Waals surface area contributed by atoms with Crippen molar-refractivity contribution in [1.82, 2.24) is 0 Å². The van der Waals surface area contributed by atoms with E-state index in [4.69, 9.17) is 5.11 Å². The van der Waals surface area contributed by atoms with Crippen molar-refractivity contribution in [2.75, 3.05) is 0 Å². The van der Waals surface area contributed by atoms with Crippen LogP contribution in [0.4, 0.5) is 0 Å². The summed E-state index contributed by atoms with van der Waals surface area (Å²) in [4.78, 5) is 11.9. The Balaban J connectivity index is 2.27. The van der Waals surface area contributed by atoms with Gasteiger partial charge in [-0.15, -0.1) is 11.3 Å². The van der Waals surface area contributed by atoms with E-state index in [2.05, 4.69) is 0 Å². The van der Waals surface area contributed by atoms with Crippen LogP contribution in [0, 0.1) is 5.92 Å². The predicted molar refractivity (Wildman–Crippen MR) is 61.9 cm³/mol. The van der Waals surface area contributed by atoms with Crippen molar-refractivity contribution in [2.24, 2.45) is 5.92 Å². The molecule has 1 aliphatic rings. The van der Waals surface area contributed by atoms with Gasteiger partial charge in [-0.1, -0.05) is 18.9 Å². The van der Waals surface area contributed by atoms with E-state index in [1.54, 1.807) is 11.3 Å². The minimum absolute atomic E-state index is 0.458. The maximum atomic E-state index is 10.8. The average molecular weight is 222 g/mol. The predicted octanol–water partition coefficient (Wildman–Crippen LogP) is 3.41. The van der Waals surface area contributed by atoms with Crippen molar-refractivity contribution >= 4 is 22.9 Å². The zero-order chi connectivity index (χ0) is 10.7. The Labute approximate surface area is 93.3 Å². The molecule has 3 heteroatoms. The van der Waals surface area contributed by atoms with Crippen molar-refractivity contribution in [2.45, 2.75) is 25.7 Å². The molecule has 0 radical (unpaired) electrons. The van der Waals surface area contributed by atoms with Gasteiger partial charge in [0.1, 0.15) is 0 Å². The number of hydrogen-bond acceptors (Lipinski definition) is 2. The lowest BCUT2D eigenvalue weighted by atomic mass is 9.96. The van der Waals surface area contributed by atoms with E-state index in [-0.39, 0.29) is 0 Å². The molecule has 1 heterocycles. The Bertz CT molecular complexity index is 359. The fourth-order valence-corrected chi connectivity index (χ4v) is 3.03. The third-order valence-electron chi connectivity index (χ3n) is 2.88. The lowest BCUT2D eigenvalue weighted by molar-refractivity contribution is -0.131. The van der Waals surface area contributed by atoms with Crippen molar-refractivity contribution in [3.63, 3.8) is 0 Å². The van der Waals surface area contributed by atoms with E-state index in [9.17, 15) is 4.79 Å². The van der Waals surface area contributed by atoms with E-state index in [0.717, 1.165) is 23.3 Å². The summed E-state index contributed by atoms with van der Waals surface area (Å²) in [6, 6.07) is 3.99. The first kappa shape index (κ1) is 10.4. The Kier molecular flexibility index (Phi) is 3.21. The molecule has 2 nitrogen and oxygen atoms in total. The molecule has 1 aliphatic carbocycles. The van der Waals surface area contributed by atoms with Crippen molar-refractivity contribution in [3.8, 4) is 0 Å². The van der Waals surface area contributed by atoms with Crippen LogP contribution in [0.5, 0.6) is 0 Å². The third kappa shape index (κ3) is 2.48. The van der Waals surface area contributed by atoms with Gasteiger partial charge in [-0.2, -0.15) is 0 Å². The molecule has 0 saturated heterocycles. The first-order valence-corrected chi connectivity index (χ1v) is 6.14. The van der Waals surface area contributed by atoms with Crippen LogP contribution in [0.1, 0.15) is 30.6 Å². The molecule has 1 aromatic heterocycles. The number of carbonyl (C=O) groups is 1. The first-order valence-electron chi connectivity index (χ1n) is 5.26. The topological polar surface area (TPSA) is 37.3 Å². The van der Waals surface area contributed by atoms with E-state index in [1.807, 2.05) is 17.5 Å². The molecular formula is C12H14O2S. The zero-order valence-corrected chi connectivity index (χ0v) is 9.30. The number of allylic oxidation sites excluding steroid dienone is 1. The van der Waals surface area contributed by atoms with Crippen molar-refractivity contribution in [1.29, 1.82) is 0 Å². The standard InChI is InChI=1S/C12H14O2S/c13-12(14)8-10(9-4-1-2-5-9)11-6-3-7-15-11/h3,6-9H,1-2,4-5H2,(H,13,14)/b10-8+. The van der Waals surface area contributed by atoms with Gasteiger partial charge in [-0.25, -0.2) is 4.79 Å². The molecule has 2 rings (SSSR count). The lowest BCUT2D eigenvalue weighted by Crippen LogP contribution is -2.00. The quantitative estimate of drug-likeness (QED) is 0.796. The van der Waals surface area contributed by atoms with E-state index in [0.29, 0.717) is 5.92 Å². The van der Waals surface area contributed by atoms with E-state index >= 15 is 0 Å². The second-order valence-corrected chi connectivity index (χ2v) is 4.84. The lowest BCUT2D eigenvalue weighted by Gasteiger charge is -2.11. The number of thiophene rings is 1. The molecule has 80 valence electrons. The minimum atomic E-state index is -0.828. The number of hydrogen-bond donors (Lipinski definition) is 1. The fourth-order valence-electron chi connectivity index (χ4n) is 2.20. The van der Waals surface area contributed by atoms with Crippen LogP contribution in [0.2, 0.25) is 0 Å². The SMILES string of the molecule is O=C(O)/C=C(/c1cccs1)C1CCCC1. The van der Waals surface area contributed by atoms with Gasteiger partial charge >= 0.3 is 5.97 Å². The first-order chi connectivity index (χ1) is 7.27. The summed E-state index contributed by atoms with van der Waals surface area (Å²) in [5, 5.41) is 10.9. The smallest absolute Gasteiger partial charge is 0.328 e. The molecule has 0 spiro atoms. The summed E-state index contributed by atoms with van der Waals surface area (Å²) in [5.74, 6) is -0.370. The number of rotatable bonds is 3.